The average molecular weight is 265 g/mol. The van der Waals surface area contributed by atoms with Crippen LogP contribution in [0.3, 0.4) is 0 Å². The molecule has 1 amide bonds. The average Bonchev–Trinajstić information content (AvgIpc) is 2.39. The number of benzene rings is 1. The molecule has 0 aromatic heterocycles. The molecule has 0 atom stereocenters. The smallest absolute Gasteiger partial charge is 0.253 e. The van der Waals surface area contributed by atoms with Crippen molar-refractivity contribution in [2.24, 2.45) is 0 Å². The summed E-state index contributed by atoms with van der Waals surface area (Å²) in [6, 6.07) is 5.81. The van der Waals surface area contributed by atoms with Crippen LogP contribution in [0.1, 0.15) is 23.2 Å². The Morgan fingerprint density at radius 1 is 1.39 bits per heavy atom. The lowest BCUT2D eigenvalue weighted by atomic mass is 10.1. The van der Waals surface area contributed by atoms with E-state index in [0.717, 1.165) is 18.5 Å². The number of thioether (sulfide) groups is 1. The predicted octanol–water partition coefficient (Wildman–Crippen LogP) is 1.94. The molecule has 2 rings (SSSR count). The van der Waals surface area contributed by atoms with Gasteiger partial charge in [0.15, 0.2) is 0 Å². The fraction of sp³-hybridized carbons (Fsp3) is 0.462. The number of carbonyl (C=O) groups is 1. The number of nitrogens with one attached hydrogen (secondary N) is 2. The van der Waals surface area contributed by atoms with Gasteiger partial charge in [-0.1, -0.05) is 0 Å². The maximum Gasteiger partial charge on any atom is 0.253 e. The molecule has 1 aliphatic rings. The normalized spacial score (nSPS) is 16.3. The zero-order chi connectivity index (χ0) is 13.0. The van der Waals surface area contributed by atoms with E-state index in [1.807, 2.05) is 17.8 Å². The number of nitrogen functional groups attached to an aromatic ring is 1. The number of anilines is 2. The van der Waals surface area contributed by atoms with Gasteiger partial charge in [-0.25, -0.2) is 0 Å². The van der Waals surface area contributed by atoms with E-state index >= 15 is 0 Å². The van der Waals surface area contributed by atoms with Gasteiger partial charge in [-0.15, -0.1) is 0 Å². The molecular formula is C13H19N3OS. The number of hydrogen-bond donors (Lipinski definition) is 3. The number of amides is 1. The van der Waals surface area contributed by atoms with Crippen LogP contribution in [0.25, 0.3) is 0 Å². The first kappa shape index (κ1) is 13.1. The molecule has 0 aliphatic carbocycles. The van der Waals surface area contributed by atoms with Crippen molar-refractivity contribution in [3.63, 3.8) is 0 Å². The molecule has 18 heavy (non-hydrogen) atoms. The van der Waals surface area contributed by atoms with E-state index in [0.29, 0.717) is 17.3 Å². The third kappa shape index (κ3) is 3.10. The Morgan fingerprint density at radius 3 is 2.78 bits per heavy atom. The lowest BCUT2D eigenvalue weighted by Crippen LogP contribution is -2.27. The Labute approximate surface area is 112 Å². The molecule has 0 bridgehead atoms. The second-order valence-corrected chi connectivity index (χ2v) is 5.64. The van der Waals surface area contributed by atoms with Crippen LogP contribution in [0.5, 0.6) is 0 Å². The molecule has 4 N–H and O–H groups in total. The summed E-state index contributed by atoms with van der Waals surface area (Å²) in [5.41, 5.74) is 7.97. The van der Waals surface area contributed by atoms with Crippen LogP contribution in [0.15, 0.2) is 18.2 Å². The lowest BCUT2D eigenvalue weighted by molar-refractivity contribution is 0.0964. The van der Waals surface area contributed by atoms with Gasteiger partial charge in [0, 0.05) is 24.5 Å². The van der Waals surface area contributed by atoms with Gasteiger partial charge in [0.25, 0.3) is 5.91 Å². The molecule has 1 aromatic rings. The Hall–Kier alpha value is -1.36. The van der Waals surface area contributed by atoms with Gasteiger partial charge in [0.05, 0.1) is 5.56 Å². The maximum atomic E-state index is 11.8. The van der Waals surface area contributed by atoms with Gasteiger partial charge in [-0.05, 0) is 42.5 Å². The molecule has 1 fully saturated rings. The first-order chi connectivity index (χ1) is 8.70. The maximum absolute atomic E-state index is 11.8. The van der Waals surface area contributed by atoms with Crippen LogP contribution in [-0.2, 0) is 0 Å². The zero-order valence-corrected chi connectivity index (χ0v) is 11.3. The molecule has 98 valence electrons. The molecule has 5 heteroatoms. The predicted molar refractivity (Wildman–Crippen MR) is 78.2 cm³/mol. The van der Waals surface area contributed by atoms with E-state index in [2.05, 4.69) is 10.6 Å². The monoisotopic (exact) mass is 265 g/mol. The number of carbonyl (C=O) groups excluding carboxylic acids is 1. The summed E-state index contributed by atoms with van der Waals surface area (Å²) < 4.78 is 0. The first-order valence-electron chi connectivity index (χ1n) is 6.16. The highest BCUT2D eigenvalue weighted by Crippen LogP contribution is 2.25. The van der Waals surface area contributed by atoms with Crippen molar-refractivity contribution < 1.29 is 4.79 Å². The molecular weight excluding hydrogens is 246 g/mol. The van der Waals surface area contributed by atoms with Crippen LogP contribution >= 0.6 is 11.8 Å². The van der Waals surface area contributed by atoms with E-state index in [4.69, 9.17) is 5.73 Å². The van der Waals surface area contributed by atoms with Crippen LogP contribution < -0.4 is 16.4 Å². The van der Waals surface area contributed by atoms with Crippen molar-refractivity contribution >= 4 is 29.0 Å². The topological polar surface area (TPSA) is 67.2 Å². The quantitative estimate of drug-likeness (QED) is 0.731. The van der Waals surface area contributed by atoms with Gasteiger partial charge in [0.1, 0.15) is 0 Å². The largest absolute Gasteiger partial charge is 0.399 e. The Morgan fingerprint density at radius 2 is 2.11 bits per heavy atom. The molecule has 0 radical (unpaired) electrons. The molecule has 0 unspecified atom stereocenters. The summed E-state index contributed by atoms with van der Waals surface area (Å²) in [7, 11) is 1.64. The molecule has 0 saturated carbocycles. The van der Waals surface area contributed by atoms with Crippen LogP contribution in [0.2, 0.25) is 0 Å². The highest BCUT2D eigenvalue weighted by Gasteiger charge is 2.17. The SMILES string of the molecule is CNC(=O)c1ccc(N)cc1NC1CCSCC1. The first-order valence-corrected chi connectivity index (χ1v) is 7.32. The summed E-state index contributed by atoms with van der Waals surface area (Å²) in [4.78, 5) is 11.8. The van der Waals surface area contributed by atoms with Gasteiger partial charge >= 0.3 is 0 Å². The standard InChI is InChI=1S/C13H19N3OS/c1-15-13(17)11-3-2-9(14)8-12(11)16-10-4-6-18-7-5-10/h2-3,8,10,16H,4-7,14H2,1H3,(H,15,17). The van der Waals surface area contributed by atoms with Crippen LogP contribution in [0, 0.1) is 0 Å². The Bertz CT molecular complexity index is 430. The van der Waals surface area contributed by atoms with Crippen LogP contribution in [-0.4, -0.2) is 30.5 Å². The lowest BCUT2D eigenvalue weighted by Gasteiger charge is -2.24. The highest BCUT2D eigenvalue weighted by molar-refractivity contribution is 7.99. The number of hydrogen-bond acceptors (Lipinski definition) is 4. The Balaban J connectivity index is 2.18. The summed E-state index contributed by atoms with van der Waals surface area (Å²) in [5, 5.41) is 6.11. The van der Waals surface area contributed by atoms with E-state index in [-0.39, 0.29) is 5.91 Å². The van der Waals surface area contributed by atoms with Crippen molar-refractivity contribution in [3.05, 3.63) is 23.8 Å². The molecule has 1 saturated heterocycles. The number of nitrogens with two attached hydrogens (primary N) is 1. The minimum absolute atomic E-state index is 0.0808. The fourth-order valence-electron chi connectivity index (χ4n) is 2.08. The molecule has 1 aliphatic heterocycles. The van der Waals surface area contributed by atoms with Crippen molar-refractivity contribution in [2.45, 2.75) is 18.9 Å². The molecule has 1 aromatic carbocycles. The zero-order valence-electron chi connectivity index (χ0n) is 10.5. The van der Waals surface area contributed by atoms with Crippen LogP contribution in [0.4, 0.5) is 11.4 Å². The molecule has 1 heterocycles. The van der Waals surface area contributed by atoms with Crippen molar-refractivity contribution in [2.75, 3.05) is 29.6 Å². The highest BCUT2D eigenvalue weighted by atomic mass is 32.2. The Kier molecular flexibility index (Phi) is 4.36. The summed E-state index contributed by atoms with van der Waals surface area (Å²) in [5.74, 6) is 2.27. The third-order valence-electron chi connectivity index (χ3n) is 3.10. The number of rotatable bonds is 3. The minimum atomic E-state index is -0.0808. The van der Waals surface area contributed by atoms with Crippen molar-refractivity contribution in [1.82, 2.24) is 5.32 Å². The summed E-state index contributed by atoms with van der Waals surface area (Å²) >= 11 is 1.98. The summed E-state index contributed by atoms with van der Waals surface area (Å²) in [6.45, 7) is 0. The fourth-order valence-corrected chi connectivity index (χ4v) is 3.18. The van der Waals surface area contributed by atoms with E-state index in [9.17, 15) is 4.79 Å². The molecule has 4 nitrogen and oxygen atoms in total. The minimum Gasteiger partial charge on any atom is -0.399 e. The van der Waals surface area contributed by atoms with Crippen molar-refractivity contribution in [3.8, 4) is 0 Å². The van der Waals surface area contributed by atoms with Gasteiger partial charge in [0.2, 0.25) is 0 Å². The molecule has 0 spiro atoms. The van der Waals surface area contributed by atoms with Crippen molar-refractivity contribution in [1.29, 1.82) is 0 Å². The summed E-state index contributed by atoms with van der Waals surface area (Å²) in [6.07, 6.45) is 2.26. The van der Waals surface area contributed by atoms with Gasteiger partial charge in [-0.2, -0.15) is 11.8 Å². The van der Waals surface area contributed by atoms with Gasteiger partial charge < -0.3 is 16.4 Å². The second kappa shape index (κ2) is 6.00. The van der Waals surface area contributed by atoms with E-state index in [1.54, 1.807) is 19.2 Å². The van der Waals surface area contributed by atoms with E-state index in [1.165, 1.54) is 11.5 Å². The van der Waals surface area contributed by atoms with Gasteiger partial charge in [-0.3, -0.25) is 4.79 Å². The second-order valence-electron chi connectivity index (χ2n) is 4.42. The third-order valence-corrected chi connectivity index (χ3v) is 4.14. The van der Waals surface area contributed by atoms with E-state index < -0.39 is 0 Å².